The van der Waals surface area contributed by atoms with E-state index in [9.17, 15) is 0 Å². The van der Waals surface area contributed by atoms with Gasteiger partial charge >= 0.3 is 0 Å². The van der Waals surface area contributed by atoms with E-state index in [1.807, 2.05) is 0 Å². The fourth-order valence-electron chi connectivity index (χ4n) is 1.15. The molecule has 1 atom stereocenters. The summed E-state index contributed by atoms with van der Waals surface area (Å²) >= 11 is 0. The molecule has 0 aromatic rings. The third-order valence-corrected chi connectivity index (χ3v) is 1.98. The van der Waals surface area contributed by atoms with Crippen molar-refractivity contribution in [2.75, 3.05) is 6.61 Å². The van der Waals surface area contributed by atoms with Crippen LogP contribution in [0.5, 0.6) is 0 Å². The minimum Gasteiger partial charge on any atom is -0.394 e. The molecule has 12 heavy (non-hydrogen) atoms. The van der Waals surface area contributed by atoms with Crippen LogP contribution in [-0.2, 0) is 4.89 Å². The monoisotopic (exact) mass is 176 g/mol. The van der Waals surface area contributed by atoms with Crippen molar-refractivity contribution in [3.05, 3.63) is 0 Å². The maximum absolute atomic E-state index is 8.64. The van der Waals surface area contributed by atoms with E-state index in [2.05, 4.69) is 11.8 Å². The average Bonchev–Trinajstić information content (AvgIpc) is 2.11. The zero-order chi connectivity index (χ0) is 9.23. The molecule has 0 radical (unpaired) electrons. The van der Waals surface area contributed by atoms with Gasteiger partial charge in [-0.05, 0) is 6.42 Å². The molecular weight excluding hydrogens is 156 g/mol. The number of aliphatic hydroxyl groups excluding tert-OH is 1. The highest BCUT2D eigenvalue weighted by Crippen LogP contribution is 2.08. The van der Waals surface area contributed by atoms with Gasteiger partial charge in [-0.25, -0.2) is 4.89 Å². The van der Waals surface area contributed by atoms with Crippen LogP contribution < -0.4 is 0 Å². The van der Waals surface area contributed by atoms with Gasteiger partial charge in [-0.15, -0.1) is 0 Å². The Morgan fingerprint density at radius 3 is 2.33 bits per heavy atom. The van der Waals surface area contributed by atoms with Crippen molar-refractivity contribution in [2.45, 2.75) is 51.6 Å². The smallest absolute Gasteiger partial charge is 0.116 e. The zero-order valence-electron chi connectivity index (χ0n) is 7.83. The third kappa shape index (κ3) is 6.58. The highest BCUT2D eigenvalue weighted by Gasteiger charge is 2.05. The first-order chi connectivity index (χ1) is 5.85. The quantitative estimate of drug-likeness (QED) is 0.338. The van der Waals surface area contributed by atoms with E-state index in [1.165, 1.54) is 19.3 Å². The first kappa shape index (κ1) is 11.9. The molecule has 3 heteroatoms. The molecule has 0 bridgehead atoms. The van der Waals surface area contributed by atoms with Gasteiger partial charge in [0, 0.05) is 0 Å². The molecular formula is C9H20O3. The molecule has 74 valence electrons. The van der Waals surface area contributed by atoms with Crippen LogP contribution in [0.25, 0.3) is 0 Å². The van der Waals surface area contributed by atoms with Gasteiger partial charge in [-0.1, -0.05) is 39.0 Å². The summed E-state index contributed by atoms with van der Waals surface area (Å²) in [6.45, 7) is 2.08. The first-order valence-corrected chi connectivity index (χ1v) is 4.76. The summed E-state index contributed by atoms with van der Waals surface area (Å²) in [5.41, 5.74) is 0. The van der Waals surface area contributed by atoms with Gasteiger partial charge in [0.25, 0.3) is 0 Å². The minimum atomic E-state index is -0.383. The summed E-state index contributed by atoms with van der Waals surface area (Å²) in [4.78, 5) is 4.06. The van der Waals surface area contributed by atoms with E-state index in [1.54, 1.807) is 0 Å². The number of unbranched alkanes of at least 4 members (excludes halogenated alkanes) is 4. The van der Waals surface area contributed by atoms with Crippen molar-refractivity contribution in [2.24, 2.45) is 0 Å². The topological polar surface area (TPSA) is 49.7 Å². The molecule has 0 aromatic heterocycles. The van der Waals surface area contributed by atoms with E-state index in [-0.39, 0.29) is 12.7 Å². The van der Waals surface area contributed by atoms with E-state index in [4.69, 9.17) is 10.4 Å². The summed E-state index contributed by atoms with van der Waals surface area (Å²) in [5, 5.41) is 16.9. The van der Waals surface area contributed by atoms with Crippen molar-refractivity contribution in [1.82, 2.24) is 0 Å². The summed E-state index contributed by atoms with van der Waals surface area (Å²) < 4.78 is 0. The predicted octanol–water partition coefficient (Wildman–Crippen LogP) is 2.20. The molecule has 0 saturated carbocycles. The Bertz CT molecular complexity index is 81.8. The van der Waals surface area contributed by atoms with Gasteiger partial charge in [-0.3, -0.25) is 5.26 Å². The molecule has 3 nitrogen and oxygen atoms in total. The predicted molar refractivity (Wildman–Crippen MR) is 48.0 cm³/mol. The molecule has 0 aliphatic carbocycles. The van der Waals surface area contributed by atoms with Crippen molar-refractivity contribution < 1.29 is 15.3 Å². The van der Waals surface area contributed by atoms with Gasteiger partial charge in [0.2, 0.25) is 0 Å². The van der Waals surface area contributed by atoms with E-state index >= 15 is 0 Å². The van der Waals surface area contributed by atoms with Crippen LogP contribution in [-0.4, -0.2) is 23.1 Å². The van der Waals surface area contributed by atoms with Gasteiger partial charge in [0.05, 0.1) is 6.61 Å². The zero-order valence-corrected chi connectivity index (χ0v) is 7.83. The maximum atomic E-state index is 8.64. The fourth-order valence-corrected chi connectivity index (χ4v) is 1.15. The molecule has 0 rings (SSSR count). The van der Waals surface area contributed by atoms with E-state index < -0.39 is 0 Å². The number of hydrogen-bond donors (Lipinski definition) is 2. The molecule has 1 unspecified atom stereocenters. The molecule has 0 aliphatic heterocycles. The SMILES string of the molecule is CCCCCCCC(CO)OO. The molecule has 2 N–H and O–H groups in total. The second kappa shape index (κ2) is 8.97. The lowest BCUT2D eigenvalue weighted by molar-refractivity contribution is -0.286. The highest BCUT2D eigenvalue weighted by molar-refractivity contribution is 4.54. The molecule has 0 saturated heterocycles. The first-order valence-electron chi connectivity index (χ1n) is 4.76. The van der Waals surface area contributed by atoms with Crippen molar-refractivity contribution in [3.63, 3.8) is 0 Å². The van der Waals surface area contributed by atoms with Crippen molar-refractivity contribution in [1.29, 1.82) is 0 Å². The lowest BCUT2D eigenvalue weighted by Crippen LogP contribution is -2.15. The molecule has 0 spiro atoms. The number of rotatable bonds is 8. The van der Waals surface area contributed by atoms with E-state index in [0.29, 0.717) is 0 Å². The fraction of sp³-hybridized carbons (Fsp3) is 1.00. The Morgan fingerprint density at radius 2 is 1.83 bits per heavy atom. The lowest BCUT2D eigenvalue weighted by Gasteiger charge is -2.08. The summed E-state index contributed by atoms with van der Waals surface area (Å²) in [5.74, 6) is 0. The maximum Gasteiger partial charge on any atom is 0.116 e. The Morgan fingerprint density at radius 1 is 1.17 bits per heavy atom. The number of hydrogen-bond acceptors (Lipinski definition) is 3. The van der Waals surface area contributed by atoms with E-state index in [0.717, 1.165) is 19.3 Å². The Labute approximate surface area is 74.3 Å². The summed E-state index contributed by atoms with van der Waals surface area (Å²) in [6, 6.07) is 0. The molecule has 0 heterocycles. The second-order valence-corrected chi connectivity index (χ2v) is 3.11. The van der Waals surface area contributed by atoms with Crippen molar-refractivity contribution >= 4 is 0 Å². The van der Waals surface area contributed by atoms with Gasteiger partial charge in [0.15, 0.2) is 0 Å². The minimum absolute atomic E-state index is 0.0930. The van der Waals surface area contributed by atoms with Gasteiger partial charge < -0.3 is 5.11 Å². The van der Waals surface area contributed by atoms with Crippen LogP contribution in [0.1, 0.15) is 45.4 Å². The summed E-state index contributed by atoms with van der Waals surface area (Å²) in [6.07, 6.45) is 6.28. The highest BCUT2D eigenvalue weighted by atomic mass is 17.1. The largest absolute Gasteiger partial charge is 0.394 e. The lowest BCUT2D eigenvalue weighted by atomic mass is 10.1. The summed E-state index contributed by atoms with van der Waals surface area (Å²) in [7, 11) is 0. The molecule has 0 aliphatic rings. The standard InChI is InChI=1S/C9H20O3/c1-2-3-4-5-6-7-9(8-10)12-11/h9-11H,2-8H2,1H3. The van der Waals surface area contributed by atoms with Gasteiger partial charge in [0.1, 0.15) is 6.10 Å². The Kier molecular flexibility index (Phi) is 8.88. The average molecular weight is 176 g/mol. The van der Waals surface area contributed by atoms with Gasteiger partial charge in [-0.2, -0.15) is 0 Å². The van der Waals surface area contributed by atoms with Crippen LogP contribution in [0.15, 0.2) is 0 Å². The Hall–Kier alpha value is -0.120. The van der Waals surface area contributed by atoms with Crippen LogP contribution >= 0.6 is 0 Å². The molecule has 0 amide bonds. The normalized spacial score (nSPS) is 13.2. The number of aliphatic hydroxyl groups is 1. The van der Waals surface area contributed by atoms with Crippen LogP contribution in [0.2, 0.25) is 0 Å². The van der Waals surface area contributed by atoms with Crippen LogP contribution in [0.4, 0.5) is 0 Å². The molecule has 0 aromatic carbocycles. The Balaban J connectivity index is 3.06. The third-order valence-electron chi connectivity index (χ3n) is 1.98. The van der Waals surface area contributed by atoms with Crippen LogP contribution in [0, 0.1) is 0 Å². The second-order valence-electron chi connectivity index (χ2n) is 3.11. The van der Waals surface area contributed by atoms with Crippen LogP contribution in [0.3, 0.4) is 0 Å². The van der Waals surface area contributed by atoms with Crippen molar-refractivity contribution in [3.8, 4) is 0 Å². The molecule has 0 fully saturated rings.